The van der Waals surface area contributed by atoms with Crippen molar-refractivity contribution in [3.8, 4) is 5.75 Å². The molecule has 4 heteroatoms. The summed E-state index contributed by atoms with van der Waals surface area (Å²) in [4.78, 5) is 2.36. The van der Waals surface area contributed by atoms with Crippen molar-refractivity contribution < 1.29 is 9.13 Å². The van der Waals surface area contributed by atoms with Crippen molar-refractivity contribution in [1.29, 1.82) is 0 Å². The number of nitrogens with zero attached hydrogens (tertiary/aromatic N) is 1. The molecular weight excluding hydrogens is 303 g/mol. The molecule has 1 atom stereocenters. The first-order valence-corrected chi connectivity index (χ1v) is 8.65. The molecule has 0 amide bonds. The highest BCUT2D eigenvalue weighted by molar-refractivity contribution is 5.36. The first-order chi connectivity index (χ1) is 11.9. The van der Waals surface area contributed by atoms with E-state index in [2.05, 4.69) is 28.4 Å². The molecule has 1 N–H and O–H groups in total. The van der Waals surface area contributed by atoms with Gasteiger partial charge in [0.25, 0.3) is 0 Å². The molecule has 0 aliphatic carbocycles. The zero-order valence-electron chi connectivity index (χ0n) is 14.0. The van der Waals surface area contributed by atoms with E-state index in [1.165, 1.54) is 0 Å². The summed E-state index contributed by atoms with van der Waals surface area (Å²) in [5, 5.41) is 3.36. The van der Waals surface area contributed by atoms with E-state index in [1.54, 1.807) is 0 Å². The van der Waals surface area contributed by atoms with Gasteiger partial charge in [0, 0.05) is 37.8 Å². The summed E-state index contributed by atoms with van der Waals surface area (Å²) in [7, 11) is 0. The minimum absolute atomic E-state index is 0.0732. The molecule has 1 saturated heterocycles. The number of para-hydroxylation sites is 1. The molecule has 2 aromatic rings. The van der Waals surface area contributed by atoms with Gasteiger partial charge in [-0.1, -0.05) is 48.5 Å². The van der Waals surface area contributed by atoms with Crippen LogP contribution in [0.25, 0.3) is 0 Å². The van der Waals surface area contributed by atoms with E-state index in [1.807, 2.05) is 36.4 Å². The third-order valence-electron chi connectivity index (χ3n) is 4.49. The summed E-state index contributed by atoms with van der Waals surface area (Å²) in [6.07, 6.45) is 0.506. The van der Waals surface area contributed by atoms with Gasteiger partial charge in [0.15, 0.2) is 0 Å². The molecule has 0 bridgehead atoms. The number of hydrogen-bond acceptors (Lipinski definition) is 3. The molecular formula is C20H25FN2O. The fraction of sp³-hybridized carbons (Fsp3) is 0.400. The van der Waals surface area contributed by atoms with Crippen molar-refractivity contribution in [1.82, 2.24) is 10.2 Å². The highest BCUT2D eigenvalue weighted by atomic mass is 19.1. The third kappa shape index (κ3) is 4.34. The van der Waals surface area contributed by atoms with Crippen LogP contribution in [0, 0.1) is 0 Å². The highest BCUT2D eigenvalue weighted by Crippen LogP contribution is 2.32. The quantitative estimate of drug-likeness (QED) is 0.841. The van der Waals surface area contributed by atoms with E-state index >= 15 is 0 Å². The van der Waals surface area contributed by atoms with Crippen LogP contribution in [0.1, 0.15) is 23.6 Å². The van der Waals surface area contributed by atoms with E-state index in [0.717, 1.165) is 43.1 Å². The summed E-state index contributed by atoms with van der Waals surface area (Å²) in [5.74, 6) is 0.860. The lowest BCUT2D eigenvalue weighted by molar-refractivity contribution is 0.153. The maximum atomic E-state index is 13.2. The molecule has 1 aliphatic heterocycles. The Hall–Kier alpha value is -1.91. The molecule has 0 radical (unpaired) electrons. The second kappa shape index (κ2) is 8.81. The Bertz CT molecular complexity index is 614. The molecule has 128 valence electrons. The zero-order valence-corrected chi connectivity index (χ0v) is 14.0. The molecule has 1 fully saturated rings. The van der Waals surface area contributed by atoms with Gasteiger partial charge in [0.05, 0.1) is 6.67 Å². The average molecular weight is 328 g/mol. The van der Waals surface area contributed by atoms with Crippen LogP contribution >= 0.6 is 0 Å². The Morgan fingerprint density at radius 1 is 1.00 bits per heavy atom. The Labute approximate surface area is 143 Å². The van der Waals surface area contributed by atoms with Gasteiger partial charge in [0.2, 0.25) is 0 Å². The van der Waals surface area contributed by atoms with E-state index in [4.69, 9.17) is 4.74 Å². The SMILES string of the molecule is FCC[C@@H](c1ccccc1OCc1ccccc1)N1CCNCC1. The lowest BCUT2D eigenvalue weighted by Crippen LogP contribution is -2.45. The molecule has 2 aromatic carbocycles. The molecule has 1 aliphatic rings. The van der Waals surface area contributed by atoms with Gasteiger partial charge in [-0.2, -0.15) is 0 Å². The summed E-state index contributed by atoms with van der Waals surface area (Å²) in [6, 6.07) is 18.3. The van der Waals surface area contributed by atoms with E-state index < -0.39 is 0 Å². The Kier molecular flexibility index (Phi) is 6.21. The van der Waals surface area contributed by atoms with Crippen LogP contribution in [0.2, 0.25) is 0 Å². The Morgan fingerprint density at radius 3 is 2.46 bits per heavy atom. The largest absolute Gasteiger partial charge is 0.489 e. The van der Waals surface area contributed by atoms with E-state index in [0.29, 0.717) is 13.0 Å². The predicted octanol–water partition coefficient (Wildman–Crippen LogP) is 3.57. The number of nitrogens with one attached hydrogen (secondary N) is 1. The van der Waals surface area contributed by atoms with Crippen LogP contribution in [0.4, 0.5) is 4.39 Å². The minimum atomic E-state index is -0.318. The van der Waals surface area contributed by atoms with Crippen LogP contribution in [0.15, 0.2) is 54.6 Å². The zero-order chi connectivity index (χ0) is 16.6. The van der Waals surface area contributed by atoms with Crippen LogP contribution in [-0.2, 0) is 6.61 Å². The van der Waals surface area contributed by atoms with Gasteiger partial charge in [-0.25, -0.2) is 0 Å². The van der Waals surface area contributed by atoms with Gasteiger partial charge in [0.1, 0.15) is 12.4 Å². The average Bonchev–Trinajstić information content (AvgIpc) is 2.66. The van der Waals surface area contributed by atoms with Crippen molar-refractivity contribution >= 4 is 0 Å². The number of halogens is 1. The number of alkyl halides is 1. The number of rotatable bonds is 7. The lowest BCUT2D eigenvalue weighted by Gasteiger charge is -2.35. The maximum absolute atomic E-state index is 13.2. The van der Waals surface area contributed by atoms with Crippen molar-refractivity contribution in [2.75, 3.05) is 32.9 Å². The molecule has 24 heavy (non-hydrogen) atoms. The molecule has 3 rings (SSSR count). The van der Waals surface area contributed by atoms with Gasteiger partial charge in [-0.3, -0.25) is 9.29 Å². The molecule has 3 nitrogen and oxygen atoms in total. The minimum Gasteiger partial charge on any atom is -0.489 e. The first-order valence-electron chi connectivity index (χ1n) is 8.65. The van der Waals surface area contributed by atoms with Crippen LogP contribution in [-0.4, -0.2) is 37.8 Å². The summed E-state index contributed by atoms with van der Waals surface area (Å²) in [5.41, 5.74) is 2.23. The fourth-order valence-electron chi connectivity index (χ4n) is 3.25. The van der Waals surface area contributed by atoms with Crippen LogP contribution in [0.5, 0.6) is 5.75 Å². The molecule has 0 spiro atoms. The molecule has 0 aromatic heterocycles. The van der Waals surface area contributed by atoms with E-state index in [9.17, 15) is 4.39 Å². The second-order valence-corrected chi connectivity index (χ2v) is 6.09. The lowest BCUT2D eigenvalue weighted by atomic mass is 10.0. The highest BCUT2D eigenvalue weighted by Gasteiger charge is 2.24. The number of piperazine rings is 1. The normalized spacial score (nSPS) is 16.7. The first kappa shape index (κ1) is 16.9. The van der Waals surface area contributed by atoms with Crippen molar-refractivity contribution in [2.45, 2.75) is 19.1 Å². The topological polar surface area (TPSA) is 24.5 Å². The van der Waals surface area contributed by atoms with Crippen molar-refractivity contribution in [2.24, 2.45) is 0 Å². The standard InChI is InChI=1S/C20H25FN2O/c21-11-10-19(23-14-12-22-13-15-23)18-8-4-5-9-20(18)24-16-17-6-2-1-3-7-17/h1-9,19,22H,10-16H2/t19-/m0/s1. The smallest absolute Gasteiger partial charge is 0.124 e. The summed E-state index contributed by atoms with van der Waals surface area (Å²) >= 11 is 0. The van der Waals surface area contributed by atoms with Crippen LogP contribution in [0.3, 0.4) is 0 Å². The maximum Gasteiger partial charge on any atom is 0.124 e. The van der Waals surface area contributed by atoms with Gasteiger partial charge in [-0.05, 0) is 18.1 Å². The van der Waals surface area contributed by atoms with Crippen molar-refractivity contribution in [3.63, 3.8) is 0 Å². The fourth-order valence-corrected chi connectivity index (χ4v) is 3.25. The monoisotopic (exact) mass is 328 g/mol. The van der Waals surface area contributed by atoms with Gasteiger partial charge in [-0.15, -0.1) is 0 Å². The Balaban J connectivity index is 1.77. The number of hydrogen-bond donors (Lipinski definition) is 1. The summed E-state index contributed by atoms with van der Waals surface area (Å²) < 4.78 is 19.3. The third-order valence-corrected chi connectivity index (χ3v) is 4.49. The van der Waals surface area contributed by atoms with E-state index in [-0.39, 0.29) is 12.7 Å². The predicted molar refractivity (Wildman–Crippen MR) is 95.0 cm³/mol. The molecule has 1 heterocycles. The number of benzene rings is 2. The molecule has 0 unspecified atom stereocenters. The Morgan fingerprint density at radius 2 is 1.71 bits per heavy atom. The van der Waals surface area contributed by atoms with Gasteiger partial charge >= 0.3 is 0 Å². The van der Waals surface area contributed by atoms with Gasteiger partial charge < -0.3 is 10.1 Å². The number of ether oxygens (including phenoxy) is 1. The second-order valence-electron chi connectivity index (χ2n) is 6.09. The summed E-state index contributed by atoms with van der Waals surface area (Å²) in [6.45, 7) is 4.00. The van der Waals surface area contributed by atoms with Crippen molar-refractivity contribution in [3.05, 3.63) is 65.7 Å². The van der Waals surface area contributed by atoms with Crippen LogP contribution < -0.4 is 10.1 Å². The molecule has 0 saturated carbocycles.